The van der Waals surface area contributed by atoms with Gasteiger partial charge in [0.05, 0.1) is 19.8 Å². The standard InChI is InChI=1S/C17H26N2O8/c1-9-11(12(21)25-7)17(10(2)20,13(22)26-8)16(6,24)19(18-9)14(23)27-15(3,4)5/h18,24H,1-8H3. The fourth-order valence-electron chi connectivity index (χ4n) is 3.06. The van der Waals surface area contributed by atoms with Crippen LogP contribution in [0.2, 0.25) is 0 Å². The number of hydrogen-bond acceptors (Lipinski definition) is 9. The minimum Gasteiger partial charge on any atom is -0.468 e. The first-order valence-electron chi connectivity index (χ1n) is 8.09. The maximum atomic E-state index is 12.7. The van der Waals surface area contributed by atoms with Gasteiger partial charge < -0.3 is 19.3 Å². The zero-order valence-electron chi connectivity index (χ0n) is 16.8. The Morgan fingerprint density at radius 3 is 2.00 bits per heavy atom. The van der Waals surface area contributed by atoms with Gasteiger partial charge in [-0.3, -0.25) is 15.0 Å². The van der Waals surface area contributed by atoms with Crippen LogP contribution >= 0.6 is 0 Å². The smallest absolute Gasteiger partial charge is 0.431 e. The number of nitrogens with one attached hydrogen (secondary N) is 1. The molecule has 0 saturated carbocycles. The second-order valence-electron chi connectivity index (χ2n) is 7.24. The lowest BCUT2D eigenvalue weighted by atomic mass is 9.66. The van der Waals surface area contributed by atoms with Crippen LogP contribution in [0.3, 0.4) is 0 Å². The van der Waals surface area contributed by atoms with Gasteiger partial charge in [0, 0.05) is 5.70 Å². The Balaban J connectivity index is 3.82. The van der Waals surface area contributed by atoms with Crippen LogP contribution in [0.1, 0.15) is 41.5 Å². The largest absolute Gasteiger partial charge is 0.468 e. The molecule has 1 aliphatic heterocycles. The summed E-state index contributed by atoms with van der Waals surface area (Å²) in [6.45, 7) is 8.18. The molecule has 0 bridgehead atoms. The third-order valence-electron chi connectivity index (χ3n) is 4.16. The molecule has 1 heterocycles. The van der Waals surface area contributed by atoms with Gasteiger partial charge in [0.2, 0.25) is 5.41 Å². The van der Waals surface area contributed by atoms with Crippen LogP contribution in [0.25, 0.3) is 0 Å². The van der Waals surface area contributed by atoms with E-state index in [1.54, 1.807) is 20.8 Å². The van der Waals surface area contributed by atoms with Crippen molar-refractivity contribution < 1.29 is 38.5 Å². The minimum atomic E-state index is -2.56. The molecule has 10 heteroatoms. The zero-order chi connectivity index (χ0) is 21.4. The number of methoxy groups -OCH3 is 2. The molecule has 27 heavy (non-hydrogen) atoms. The summed E-state index contributed by atoms with van der Waals surface area (Å²) in [7, 11) is 2.05. The van der Waals surface area contributed by atoms with Gasteiger partial charge in [-0.1, -0.05) is 0 Å². The van der Waals surface area contributed by atoms with Crippen LogP contribution in [-0.2, 0) is 28.6 Å². The first-order chi connectivity index (χ1) is 12.2. The molecule has 0 aromatic heterocycles. The van der Waals surface area contributed by atoms with Crippen molar-refractivity contribution >= 4 is 23.8 Å². The number of Topliss-reactive ketones (excluding diaryl/α,β-unsaturated/α-hetero) is 1. The van der Waals surface area contributed by atoms with Crippen molar-refractivity contribution in [2.24, 2.45) is 5.41 Å². The molecule has 0 aliphatic carbocycles. The quantitative estimate of drug-likeness (QED) is 0.407. The molecule has 152 valence electrons. The first kappa shape index (κ1) is 22.4. The topological polar surface area (TPSA) is 131 Å². The van der Waals surface area contributed by atoms with Crippen molar-refractivity contribution in [2.45, 2.75) is 52.9 Å². The number of hydrazine groups is 1. The number of esters is 2. The molecule has 0 aromatic rings. The highest BCUT2D eigenvalue weighted by Crippen LogP contribution is 2.47. The molecule has 1 aliphatic rings. The molecule has 10 nitrogen and oxygen atoms in total. The van der Waals surface area contributed by atoms with Gasteiger partial charge in [0.25, 0.3) is 0 Å². The number of carbonyl (C=O) groups is 4. The predicted molar refractivity (Wildman–Crippen MR) is 91.7 cm³/mol. The fourth-order valence-corrected chi connectivity index (χ4v) is 3.06. The number of rotatable bonds is 3. The summed E-state index contributed by atoms with van der Waals surface area (Å²) in [6.07, 6.45) is -1.06. The van der Waals surface area contributed by atoms with Crippen molar-refractivity contribution in [1.82, 2.24) is 10.4 Å². The van der Waals surface area contributed by atoms with Gasteiger partial charge in [0.15, 0.2) is 11.5 Å². The number of ketones is 1. The van der Waals surface area contributed by atoms with Crippen LogP contribution in [0.4, 0.5) is 4.79 Å². The molecule has 2 atom stereocenters. The second kappa shape index (κ2) is 7.18. The summed E-state index contributed by atoms with van der Waals surface area (Å²) in [5, 5.41) is 11.8. The lowest BCUT2D eigenvalue weighted by molar-refractivity contribution is -0.207. The molecule has 2 N–H and O–H groups in total. The lowest BCUT2D eigenvalue weighted by Gasteiger charge is -2.51. The van der Waals surface area contributed by atoms with Crippen molar-refractivity contribution in [1.29, 1.82) is 0 Å². The normalized spacial score (nSPS) is 25.4. The highest BCUT2D eigenvalue weighted by molar-refractivity contribution is 6.15. The molecule has 1 rings (SSSR count). The molecule has 0 spiro atoms. The monoisotopic (exact) mass is 386 g/mol. The maximum Gasteiger partial charge on any atom is 0.431 e. The Hall–Kier alpha value is -2.62. The van der Waals surface area contributed by atoms with E-state index in [1.807, 2.05) is 0 Å². The number of carbonyl (C=O) groups excluding carboxylic acids is 4. The summed E-state index contributed by atoms with van der Waals surface area (Å²) >= 11 is 0. The number of amides is 1. The Kier molecular flexibility index (Phi) is 5.96. The van der Waals surface area contributed by atoms with Gasteiger partial charge in [-0.15, -0.1) is 0 Å². The molecule has 0 saturated heterocycles. The third kappa shape index (κ3) is 3.48. The summed E-state index contributed by atoms with van der Waals surface area (Å²) in [5.41, 5.74) is -4.05. The Labute approximate surface area is 157 Å². The minimum absolute atomic E-state index is 0.0557. The first-order valence-corrected chi connectivity index (χ1v) is 8.09. The molecular formula is C17H26N2O8. The van der Waals surface area contributed by atoms with E-state index in [-0.39, 0.29) is 5.70 Å². The van der Waals surface area contributed by atoms with Crippen LogP contribution < -0.4 is 5.43 Å². The van der Waals surface area contributed by atoms with E-state index in [1.165, 1.54) is 6.92 Å². The van der Waals surface area contributed by atoms with Crippen LogP contribution in [0, 0.1) is 5.41 Å². The Morgan fingerprint density at radius 1 is 1.11 bits per heavy atom. The molecule has 0 radical (unpaired) electrons. The second-order valence-corrected chi connectivity index (χ2v) is 7.24. The highest BCUT2D eigenvalue weighted by atomic mass is 16.6. The van der Waals surface area contributed by atoms with Crippen molar-refractivity contribution in [3.63, 3.8) is 0 Å². The predicted octanol–water partition coefficient (Wildman–Crippen LogP) is 0.646. The van der Waals surface area contributed by atoms with Crippen molar-refractivity contribution in [3.05, 3.63) is 11.3 Å². The number of aliphatic hydroxyl groups is 1. The number of ether oxygens (including phenoxy) is 3. The summed E-state index contributed by atoms with van der Waals surface area (Å²) in [4.78, 5) is 50.4. The van der Waals surface area contributed by atoms with Crippen LogP contribution in [0.5, 0.6) is 0 Å². The summed E-state index contributed by atoms with van der Waals surface area (Å²) < 4.78 is 14.6. The maximum absolute atomic E-state index is 12.7. The van der Waals surface area contributed by atoms with E-state index < -0.39 is 46.1 Å². The van der Waals surface area contributed by atoms with Gasteiger partial charge in [-0.2, -0.15) is 5.01 Å². The molecule has 0 aromatic carbocycles. The molecule has 0 fully saturated rings. The highest BCUT2D eigenvalue weighted by Gasteiger charge is 2.69. The summed E-state index contributed by atoms with van der Waals surface area (Å²) in [5.74, 6) is -3.19. The molecule has 2 unspecified atom stereocenters. The van der Waals surface area contributed by atoms with Crippen molar-refractivity contribution in [3.8, 4) is 0 Å². The van der Waals surface area contributed by atoms with E-state index in [4.69, 9.17) is 9.47 Å². The lowest BCUT2D eigenvalue weighted by Crippen LogP contribution is -2.73. The third-order valence-corrected chi connectivity index (χ3v) is 4.16. The average molecular weight is 386 g/mol. The van der Waals surface area contributed by atoms with E-state index >= 15 is 0 Å². The van der Waals surface area contributed by atoms with Gasteiger partial charge in [-0.25, -0.2) is 9.59 Å². The van der Waals surface area contributed by atoms with E-state index in [9.17, 15) is 24.3 Å². The SMILES string of the molecule is COC(=O)C1=C(C)NN(C(=O)OC(C)(C)C)C(C)(O)C1(C(C)=O)C(=O)OC. The van der Waals surface area contributed by atoms with E-state index in [0.717, 1.165) is 28.1 Å². The zero-order valence-corrected chi connectivity index (χ0v) is 16.8. The number of hydrogen-bond donors (Lipinski definition) is 2. The number of nitrogens with zero attached hydrogens (tertiary/aromatic N) is 1. The number of allylic oxidation sites excluding steroid dienone is 1. The van der Waals surface area contributed by atoms with Gasteiger partial charge in [-0.05, 0) is 41.5 Å². The molecule has 1 amide bonds. The van der Waals surface area contributed by atoms with E-state index in [2.05, 4.69) is 10.2 Å². The van der Waals surface area contributed by atoms with Gasteiger partial charge in [0.1, 0.15) is 5.60 Å². The van der Waals surface area contributed by atoms with Crippen molar-refractivity contribution in [2.75, 3.05) is 14.2 Å². The average Bonchev–Trinajstić information content (AvgIpc) is 2.52. The Bertz CT molecular complexity index is 704. The van der Waals surface area contributed by atoms with Crippen LogP contribution in [0.15, 0.2) is 11.3 Å². The molecular weight excluding hydrogens is 360 g/mol. The Morgan fingerprint density at radius 2 is 1.63 bits per heavy atom. The van der Waals surface area contributed by atoms with Gasteiger partial charge >= 0.3 is 18.0 Å². The fraction of sp³-hybridized carbons (Fsp3) is 0.647. The summed E-state index contributed by atoms with van der Waals surface area (Å²) in [6, 6.07) is 0. The van der Waals surface area contributed by atoms with E-state index in [0.29, 0.717) is 5.01 Å². The van der Waals surface area contributed by atoms with Crippen LogP contribution in [-0.4, -0.2) is 59.5 Å².